The van der Waals surface area contributed by atoms with Crippen LogP contribution in [0.5, 0.6) is 0 Å². The lowest BCUT2D eigenvalue weighted by Gasteiger charge is -2.21. The maximum Gasteiger partial charge on any atom is 0.283 e. The Labute approximate surface area is 144 Å². The number of likely N-dealkylation sites (tertiary alicyclic amines) is 1. The van der Waals surface area contributed by atoms with Crippen LogP contribution in [0.3, 0.4) is 0 Å². The zero-order valence-electron chi connectivity index (χ0n) is 13.2. The molecule has 2 rings (SSSR count). The molecule has 0 radical (unpaired) electrons. The molecule has 1 aliphatic heterocycles. The second-order valence-electron chi connectivity index (χ2n) is 5.81. The van der Waals surface area contributed by atoms with Crippen LogP contribution in [0.1, 0.15) is 23.7 Å². The van der Waals surface area contributed by atoms with Gasteiger partial charge in [-0.1, -0.05) is 17.7 Å². The Bertz CT molecular complexity index is 667. The van der Waals surface area contributed by atoms with Crippen LogP contribution in [0.4, 0.5) is 5.69 Å². The Morgan fingerprint density at radius 2 is 2.21 bits per heavy atom. The van der Waals surface area contributed by atoms with E-state index < -0.39 is 16.5 Å². The number of benzene rings is 1. The highest BCUT2D eigenvalue weighted by molar-refractivity contribution is 6.34. The summed E-state index contributed by atoms with van der Waals surface area (Å²) in [6.07, 6.45) is 0.826. The van der Waals surface area contributed by atoms with Gasteiger partial charge in [0.2, 0.25) is 5.91 Å². The van der Waals surface area contributed by atoms with Crippen molar-refractivity contribution in [3.63, 3.8) is 0 Å². The fourth-order valence-electron chi connectivity index (χ4n) is 2.90. The van der Waals surface area contributed by atoms with E-state index in [2.05, 4.69) is 5.32 Å². The fraction of sp³-hybridized carbons (Fsp3) is 0.467. The third-order valence-corrected chi connectivity index (χ3v) is 4.45. The standard InChI is InChI=1S/C15H19ClN4O4/c1-9-5-10(6-17)8-19(9)13(21)7-18-15(22)14-11(16)3-2-4-12(14)20(23)24/h2-4,9-10H,5-8,17H2,1H3,(H,18,22). The van der Waals surface area contributed by atoms with Crippen molar-refractivity contribution in [1.82, 2.24) is 10.2 Å². The minimum absolute atomic E-state index is 0.0353. The number of nitro benzene ring substituents is 1. The Balaban J connectivity index is 2.04. The molecule has 1 heterocycles. The fourth-order valence-corrected chi connectivity index (χ4v) is 3.15. The molecule has 2 amide bonds. The van der Waals surface area contributed by atoms with Crippen molar-refractivity contribution < 1.29 is 14.5 Å². The van der Waals surface area contributed by atoms with Gasteiger partial charge in [0, 0.05) is 18.7 Å². The van der Waals surface area contributed by atoms with Crippen molar-refractivity contribution in [2.45, 2.75) is 19.4 Å². The molecule has 0 aliphatic carbocycles. The van der Waals surface area contributed by atoms with Gasteiger partial charge in [-0.3, -0.25) is 19.7 Å². The molecule has 0 aromatic heterocycles. The second kappa shape index (κ2) is 7.59. The summed E-state index contributed by atoms with van der Waals surface area (Å²) in [6.45, 7) is 2.74. The van der Waals surface area contributed by atoms with E-state index in [1.54, 1.807) is 4.90 Å². The predicted molar refractivity (Wildman–Crippen MR) is 88.8 cm³/mol. The molecule has 1 aliphatic rings. The van der Waals surface area contributed by atoms with Crippen molar-refractivity contribution in [3.8, 4) is 0 Å². The van der Waals surface area contributed by atoms with Gasteiger partial charge < -0.3 is 16.0 Å². The van der Waals surface area contributed by atoms with E-state index in [4.69, 9.17) is 17.3 Å². The molecule has 1 aromatic rings. The number of amides is 2. The molecule has 8 nitrogen and oxygen atoms in total. The molecule has 0 spiro atoms. The van der Waals surface area contributed by atoms with E-state index in [9.17, 15) is 19.7 Å². The first-order chi connectivity index (χ1) is 11.3. The van der Waals surface area contributed by atoms with E-state index in [0.717, 1.165) is 6.42 Å². The Kier molecular flexibility index (Phi) is 5.74. The smallest absolute Gasteiger partial charge is 0.283 e. The van der Waals surface area contributed by atoms with Crippen LogP contribution in [-0.4, -0.2) is 47.3 Å². The van der Waals surface area contributed by atoms with E-state index in [1.807, 2.05) is 6.92 Å². The van der Waals surface area contributed by atoms with Crippen molar-refractivity contribution in [1.29, 1.82) is 0 Å². The molecule has 1 saturated heterocycles. The van der Waals surface area contributed by atoms with Crippen LogP contribution in [0.15, 0.2) is 18.2 Å². The normalized spacial score (nSPS) is 20.0. The Morgan fingerprint density at radius 1 is 1.50 bits per heavy atom. The molecule has 24 heavy (non-hydrogen) atoms. The third-order valence-electron chi connectivity index (χ3n) is 4.13. The van der Waals surface area contributed by atoms with E-state index >= 15 is 0 Å². The number of rotatable bonds is 5. The molecular formula is C15H19ClN4O4. The largest absolute Gasteiger partial charge is 0.343 e. The topological polar surface area (TPSA) is 119 Å². The van der Waals surface area contributed by atoms with Crippen LogP contribution in [0.2, 0.25) is 5.02 Å². The number of nitrogens with one attached hydrogen (secondary N) is 1. The van der Waals surface area contributed by atoms with Crippen molar-refractivity contribution >= 4 is 29.1 Å². The summed E-state index contributed by atoms with van der Waals surface area (Å²) in [6, 6.07) is 4.02. The van der Waals surface area contributed by atoms with Crippen LogP contribution >= 0.6 is 11.6 Å². The number of nitrogens with two attached hydrogens (primary N) is 1. The number of carbonyl (C=O) groups is 2. The number of hydrogen-bond acceptors (Lipinski definition) is 5. The van der Waals surface area contributed by atoms with Gasteiger partial charge in [-0.05, 0) is 31.9 Å². The predicted octanol–water partition coefficient (Wildman–Crippen LogP) is 1.17. The first-order valence-corrected chi connectivity index (χ1v) is 7.93. The molecule has 130 valence electrons. The first kappa shape index (κ1) is 18.2. The maximum absolute atomic E-state index is 12.3. The second-order valence-corrected chi connectivity index (χ2v) is 6.21. The highest BCUT2D eigenvalue weighted by Crippen LogP contribution is 2.26. The molecule has 2 atom stereocenters. The molecule has 0 saturated carbocycles. The minimum Gasteiger partial charge on any atom is -0.343 e. The SMILES string of the molecule is CC1CC(CN)CN1C(=O)CNC(=O)c1c(Cl)cccc1[N+](=O)[O-]. The average Bonchev–Trinajstić information content (AvgIpc) is 2.93. The van der Waals surface area contributed by atoms with Crippen molar-refractivity contribution in [2.75, 3.05) is 19.6 Å². The van der Waals surface area contributed by atoms with Crippen LogP contribution in [-0.2, 0) is 4.79 Å². The lowest BCUT2D eigenvalue weighted by Crippen LogP contribution is -2.42. The zero-order valence-corrected chi connectivity index (χ0v) is 14.0. The average molecular weight is 355 g/mol. The summed E-state index contributed by atoms with van der Waals surface area (Å²) in [5.41, 5.74) is 4.99. The molecular weight excluding hydrogens is 336 g/mol. The molecule has 9 heteroatoms. The van der Waals surface area contributed by atoms with Gasteiger partial charge in [-0.15, -0.1) is 0 Å². The van der Waals surface area contributed by atoms with Crippen molar-refractivity contribution in [3.05, 3.63) is 38.9 Å². The van der Waals surface area contributed by atoms with E-state index in [-0.39, 0.29) is 35.0 Å². The molecule has 1 fully saturated rings. The quantitative estimate of drug-likeness (QED) is 0.607. The highest BCUT2D eigenvalue weighted by Gasteiger charge is 2.32. The molecule has 3 N–H and O–H groups in total. The molecule has 0 bridgehead atoms. The van der Waals surface area contributed by atoms with Gasteiger partial charge >= 0.3 is 0 Å². The molecule has 2 unspecified atom stereocenters. The third kappa shape index (κ3) is 3.82. The van der Waals surface area contributed by atoms with Gasteiger partial charge in [-0.2, -0.15) is 0 Å². The van der Waals surface area contributed by atoms with Gasteiger partial charge in [-0.25, -0.2) is 0 Å². The Morgan fingerprint density at radius 3 is 2.79 bits per heavy atom. The van der Waals surface area contributed by atoms with Crippen molar-refractivity contribution in [2.24, 2.45) is 11.7 Å². The number of carbonyl (C=O) groups excluding carboxylic acids is 2. The summed E-state index contributed by atoms with van der Waals surface area (Å²) in [4.78, 5) is 36.5. The van der Waals surface area contributed by atoms with E-state index in [0.29, 0.717) is 13.1 Å². The monoisotopic (exact) mass is 354 g/mol. The summed E-state index contributed by atoms with van der Waals surface area (Å²) >= 11 is 5.90. The van der Waals surface area contributed by atoms with E-state index in [1.165, 1.54) is 18.2 Å². The first-order valence-electron chi connectivity index (χ1n) is 7.55. The Hall–Kier alpha value is -2.19. The number of hydrogen-bond donors (Lipinski definition) is 2. The van der Waals surface area contributed by atoms with Crippen LogP contribution in [0, 0.1) is 16.0 Å². The van der Waals surface area contributed by atoms with Gasteiger partial charge in [0.05, 0.1) is 16.5 Å². The van der Waals surface area contributed by atoms with Gasteiger partial charge in [0.15, 0.2) is 0 Å². The summed E-state index contributed by atoms with van der Waals surface area (Å²) in [5.74, 6) is -0.742. The lowest BCUT2D eigenvalue weighted by atomic mass is 10.1. The van der Waals surface area contributed by atoms with Crippen LogP contribution in [0.25, 0.3) is 0 Å². The zero-order chi connectivity index (χ0) is 17.9. The number of nitrogens with zero attached hydrogens (tertiary/aromatic N) is 2. The maximum atomic E-state index is 12.3. The summed E-state index contributed by atoms with van der Waals surface area (Å²) in [5, 5.41) is 13.4. The summed E-state index contributed by atoms with van der Waals surface area (Å²) in [7, 11) is 0. The highest BCUT2D eigenvalue weighted by atomic mass is 35.5. The minimum atomic E-state index is -0.747. The van der Waals surface area contributed by atoms with Gasteiger partial charge in [0.25, 0.3) is 11.6 Å². The summed E-state index contributed by atoms with van der Waals surface area (Å²) < 4.78 is 0. The van der Waals surface area contributed by atoms with Gasteiger partial charge in [0.1, 0.15) is 5.56 Å². The van der Waals surface area contributed by atoms with Crippen LogP contribution < -0.4 is 11.1 Å². The molecule has 1 aromatic carbocycles. The number of nitro groups is 1. The number of halogens is 1. The lowest BCUT2D eigenvalue weighted by molar-refractivity contribution is -0.385.